The van der Waals surface area contributed by atoms with Gasteiger partial charge < -0.3 is 0 Å². The third-order valence-corrected chi connectivity index (χ3v) is 2.58. The van der Waals surface area contributed by atoms with E-state index >= 15 is 0 Å². The Bertz CT molecular complexity index is 207. The van der Waals surface area contributed by atoms with Gasteiger partial charge in [0.15, 0.2) is 0 Å². The van der Waals surface area contributed by atoms with Crippen LogP contribution in [-0.4, -0.2) is 5.71 Å². The van der Waals surface area contributed by atoms with E-state index < -0.39 is 0 Å². The van der Waals surface area contributed by atoms with Gasteiger partial charge in [-0.3, -0.25) is 4.99 Å². The molecule has 0 aliphatic carbocycles. The first-order valence-electron chi connectivity index (χ1n) is 5.24. The van der Waals surface area contributed by atoms with Gasteiger partial charge in [-0.15, -0.1) is 0 Å². The first kappa shape index (κ1) is 12.4. The number of nitrogens with zero attached hydrogens (tertiary/aromatic N) is 1. The Morgan fingerprint density at radius 1 is 1.15 bits per heavy atom. The number of hydrogen-bond acceptors (Lipinski definition) is 1. The number of allylic oxidation sites excluding steroid dienone is 2. The van der Waals surface area contributed by atoms with Crippen LogP contribution in [0.3, 0.4) is 0 Å². The van der Waals surface area contributed by atoms with Gasteiger partial charge in [-0.25, -0.2) is 0 Å². The van der Waals surface area contributed by atoms with E-state index in [2.05, 4.69) is 46.5 Å². The maximum atomic E-state index is 4.66. The van der Waals surface area contributed by atoms with Crippen molar-refractivity contribution < 1.29 is 0 Å². The van der Waals surface area contributed by atoms with Crippen molar-refractivity contribution in [3.8, 4) is 0 Å². The van der Waals surface area contributed by atoms with E-state index in [1.165, 1.54) is 23.4 Å². The summed E-state index contributed by atoms with van der Waals surface area (Å²) in [5, 5.41) is 0. The van der Waals surface area contributed by atoms with Crippen LogP contribution in [-0.2, 0) is 0 Å². The monoisotopic (exact) mass is 181 g/mol. The van der Waals surface area contributed by atoms with Gasteiger partial charge in [0, 0.05) is 11.4 Å². The van der Waals surface area contributed by atoms with Crippen LogP contribution in [0.15, 0.2) is 16.3 Å². The molecule has 0 aromatic carbocycles. The van der Waals surface area contributed by atoms with Crippen LogP contribution in [0.4, 0.5) is 0 Å². The lowest BCUT2D eigenvalue weighted by Crippen LogP contribution is -2.09. The van der Waals surface area contributed by atoms with Crippen molar-refractivity contribution in [2.45, 2.75) is 54.4 Å². The van der Waals surface area contributed by atoms with Gasteiger partial charge in [0.05, 0.1) is 0 Å². The highest BCUT2D eigenvalue weighted by atomic mass is 14.8. The molecular weight excluding hydrogens is 158 g/mol. The summed E-state index contributed by atoms with van der Waals surface area (Å²) in [6, 6.07) is 0. The van der Waals surface area contributed by atoms with Crippen molar-refractivity contribution in [2.75, 3.05) is 0 Å². The zero-order valence-corrected chi connectivity index (χ0v) is 9.94. The Morgan fingerprint density at radius 2 is 1.69 bits per heavy atom. The molecule has 1 unspecified atom stereocenters. The summed E-state index contributed by atoms with van der Waals surface area (Å²) < 4.78 is 0. The Morgan fingerprint density at radius 3 is 2.00 bits per heavy atom. The van der Waals surface area contributed by atoms with Crippen molar-refractivity contribution >= 4 is 5.71 Å². The molecule has 1 heteroatoms. The predicted molar refractivity (Wildman–Crippen MR) is 61.2 cm³/mol. The van der Waals surface area contributed by atoms with Gasteiger partial charge in [-0.1, -0.05) is 26.3 Å². The zero-order chi connectivity index (χ0) is 10.4. The first-order chi connectivity index (χ1) is 6.02. The van der Waals surface area contributed by atoms with Crippen LogP contribution in [0.2, 0.25) is 0 Å². The standard InChI is InChI=1S/C12H23N/c1-7-10(5)12(8-2)13-11(6)9(3)4/h10H,7-8H2,1-6H3/b13-12+. The van der Waals surface area contributed by atoms with Crippen molar-refractivity contribution in [1.29, 1.82) is 0 Å². The largest absolute Gasteiger partial charge is 0.262 e. The summed E-state index contributed by atoms with van der Waals surface area (Å²) in [7, 11) is 0. The Labute approximate surface area is 83.0 Å². The summed E-state index contributed by atoms with van der Waals surface area (Å²) in [6.45, 7) is 13.0. The molecule has 0 N–H and O–H groups in total. The van der Waals surface area contributed by atoms with Crippen molar-refractivity contribution in [1.82, 2.24) is 0 Å². The second-order valence-corrected chi connectivity index (χ2v) is 3.85. The molecule has 0 saturated heterocycles. The molecule has 0 bridgehead atoms. The third kappa shape index (κ3) is 4.25. The average molecular weight is 181 g/mol. The van der Waals surface area contributed by atoms with Gasteiger partial charge in [0.25, 0.3) is 0 Å². The van der Waals surface area contributed by atoms with Crippen molar-refractivity contribution in [2.24, 2.45) is 10.9 Å². The minimum absolute atomic E-state index is 0.624. The second-order valence-electron chi connectivity index (χ2n) is 3.85. The van der Waals surface area contributed by atoms with Crippen LogP contribution in [0.1, 0.15) is 54.4 Å². The van der Waals surface area contributed by atoms with Crippen molar-refractivity contribution in [3.63, 3.8) is 0 Å². The van der Waals surface area contributed by atoms with Crippen LogP contribution in [0.5, 0.6) is 0 Å². The van der Waals surface area contributed by atoms with Gasteiger partial charge in [-0.05, 0) is 39.5 Å². The summed E-state index contributed by atoms with van der Waals surface area (Å²) in [6.07, 6.45) is 2.25. The lowest BCUT2D eigenvalue weighted by Gasteiger charge is -2.11. The van der Waals surface area contributed by atoms with E-state index in [0.29, 0.717) is 5.92 Å². The molecule has 0 spiro atoms. The minimum Gasteiger partial charge on any atom is -0.262 e. The first-order valence-corrected chi connectivity index (χ1v) is 5.24. The van der Waals surface area contributed by atoms with E-state index in [1.807, 2.05) is 0 Å². The Balaban J connectivity index is 4.67. The molecule has 1 atom stereocenters. The fourth-order valence-electron chi connectivity index (χ4n) is 1.10. The maximum Gasteiger partial charge on any atom is 0.0358 e. The predicted octanol–water partition coefficient (Wildman–Crippen LogP) is 4.20. The highest BCUT2D eigenvalue weighted by molar-refractivity contribution is 5.87. The van der Waals surface area contributed by atoms with Crippen LogP contribution in [0, 0.1) is 5.92 Å². The second kappa shape index (κ2) is 5.95. The van der Waals surface area contributed by atoms with E-state index in [0.717, 1.165) is 6.42 Å². The molecular formula is C12H23N. The normalized spacial score (nSPS) is 14.2. The summed E-state index contributed by atoms with van der Waals surface area (Å²) in [5.41, 5.74) is 3.83. The smallest absolute Gasteiger partial charge is 0.0358 e. The van der Waals surface area contributed by atoms with Gasteiger partial charge >= 0.3 is 0 Å². The fourth-order valence-corrected chi connectivity index (χ4v) is 1.10. The molecule has 0 fully saturated rings. The van der Waals surface area contributed by atoms with Crippen LogP contribution in [0.25, 0.3) is 0 Å². The molecule has 0 heterocycles. The number of aliphatic imine (C=N–C) groups is 1. The fraction of sp³-hybridized carbons (Fsp3) is 0.750. The third-order valence-electron chi connectivity index (χ3n) is 2.58. The summed E-state index contributed by atoms with van der Waals surface area (Å²) >= 11 is 0. The lowest BCUT2D eigenvalue weighted by molar-refractivity contribution is 0.723. The van der Waals surface area contributed by atoms with Gasteiger partial charge in [0.2, 0.25) is 0 Å². The molecule has 0 aromatic rings. The molecule has 0 rings (SSSR count). The maximum absolute atomic E-state index is 4.66. The van der Waals surface area contributed by atoms with E-state index in [9.17, 15) is 0 Å². The average Bonchev–Trinajstić information content (AvgIpc) is 2.12. The molecule has 76 valence electrons. The SMILES string of the molecule is CC/C(=N\C(C)=C(C)C)C(C)CC. The molecule has 13 heavy (non-hydrogen) atoms. The highest BCUT2D eigenvalue weighted by Crippen LogP contribution is 2.12. The van der Waals surface area contributed by atoms with E-state index in [-0.39, 0.29) is 0 Å². The van der Waals surface area contributed by atoms with Crippen LogP contribution >= 0.6 is 0 Å². The topological polar surface area (TPSA) is 12.4 Å². The van der Waals surface area contributed by atoms with Crippen molar-refractivity contribution in [3.05, 3.63) is 11.3 Å². The minimum atomic E-state index is 0.624. The molecule has 1 nitrogen and oxygen atoms in total. The Hall–Kier alpha value is -0.590. The lowest BCUT2D eigenvalue weighted by atomic mass is 10.0. The summed E-state index contributed by atoms with van der Waals surface area (Å²) in [5.74, 6) is 0.624. The molecule has 0 amide bonds. The van der Waals surface area contributed by atoms with E-state index in [1.54, 1.807) is 0 Å². The highest BCUT2D eigenvalue weighted by Gasteiger charge is 2.05. The van der Waals surface area contributed by atoms with Gasteiger partial charge in [-0.2, -0.15) is 0 Å². The number of rotatable bonds is 4. The molecule has 0 aliphatic rings. The quantitative estimate of drug-likeness (QED) is 0.576. The molecule has 0 aromatic heterocycles. The molecule has 0 saturated carbocycles. The van der Waals surface area contributed by atoms with E-state index in [4.69, 9.17) is 0 Å². The van der Waals surface area contributed by atoms with Crippen LogP contribution < -0.4 is 0 Å². The zero-order valence-electron chi connectivity index (χ0n) is 9.94. The Kier molecular flexibility index (Phi) is 5.68. The number of hydrogen-bond donors (Lipinski definition) is 0. The molecule has 0 radical (unpaired) electrons. The summed E-state index contributed by atoms with van der Waals surface area (Å²) in [4.78, 5) is 4.66. The van der Waals surface area contributed by atoms with Gasteiger partial charge in [0.1, 0.15) is 0 Å². The molecule has 0 aliphatic heterocycles.